The lowest BCUT2D eigenvalue weighted by Crippen LogP contribution is -2.20. The molecule has 72 valence electrons. The summed E-state index contributed by atoms with van der Waals surface area (Å²) in [6, 6.07) is 3.29. The average Bonchev–Trinajstić information content (AvgIpc) is 2.45. The summed E-state index contributed by atoms with van der Waals surface area (Å²) in [4.78, 5) is 15.5. The topological polar surface area (TPSA) is 71.6 Å². The van der Waals surface area contributed by atoms with Crippen LogP contribution in [0.4, 0.5) is 11.5 Å². The first kappa shape index (κ1) is 8.68. The second-order valence-corrected chi connectivity index (χ2v) is 3.16. The number of nitrogens with zero attached hydrogens (tertiary/aromatic N) is 3. The number of carbonyl (C=O) groups excluding carboxylic acids is 1. The lowest BCUT2D eigenvalue weighted by Gasteiger charge is -2.10. The first-order valence-electron chi connectivity index (χ1n) is 4.25. The van der Waals surface area contributed by atoms with Crippen LogP contribution in [0.1, 0.15) is 13.3 Å². The molecule has 0 unspecified atom stereocenters. The van der Waals surface area contributed by atoms with Crippen molar-refractivity contribution in [1.82, 2.24) is 4.98 Å². The molecule has 1 amide bonds. The number of amides is 1. The number of nitrogen functional groups attached to an aromatic ring is 1. The zero-order valence-electron chi connectivity index (χ0n) is 7.77. The van der Waals surface area contributed by atoms with E-state index >= 15 is 0 Å². The number of nitrogens with two attached hydrogens (primary N) is 1. The van der Waals surface area contributed by atoms with Gasteiger partial charge in [0.25, 0.3) is 5.91 Å². The van der Waals surface area contributed by atoms with Crippen LogP contribution in [0.25, 0.3) is 0 Å². The summed E-state index contributed by atoms with van der Waals surface area (Å²) in [5.41, 5.74) is 6.94. The Bertz CT molecular complexity index is 413. The standard InChI is InChI=1S/C9H10N4O/c1-6-4-9(14)13(12-6)8-5-7(10)2-3-11-8/h2-3,5H,4H2,1H3,(H2,10,11). The quantitative estimate of drug-likeness (QED) is 0.711. The van der Waals surface area contributed by atoms with E-state index in [-0.39, 0.29) is 5.91 Å². The number of carbonyl (C=O) groups is 1. The molecule has 1 aliphatic rings. The molecule has 0 bridgehead atoms. The van der Waals surface area contributed by atoms with Gasteiger partial charge in [-0.15, -0.1) is 0 Å². The first-order chi connectivity index (χ1) is 6.66. The van der Waals surface area contributed by atoms with Crippen LogP contribution in [-0.2, 0) is 4.79 Å². The van der Waals surface area contributed by atoms with E-state index in [1.54, 1.807) is 18.3 Å². The van der Waals surface area contributed by atoms with Crippen LogP contribution in [0.2, 0.25) is 0 Å². The highest BCUT2D eigenvalue weighted by Crippen LogP contribution is 2.19. The van der Waals surface area contributed by atoms with Crippen molar-refractivity contribution in [3.8, 4) is 0 Å². The van der Waals surface area contributed by atoms with Gasteiger partial charge in [-0.05, 0) is 13.0 Å². The predicted octanol–water partition coefficient (Wildman–Crippen LogP) is 0.776. The molecule has 5 nitrogen and oxygen atoms in total. The molecule has 0 aromatic carbocycles. The van der Waals surface area contributed by atoms with Gasteiger partial charge in [0.05, 0.1) is 6.42 Å². The Hall–Kier alpha value is -1.91. The third kappa shape index (κ3) is 1.44. The summed E-state index contributed by atoms with van der Waals surface area (Å²) in [7, 11) is 0. The highest BCUT2D eigenvalue weighted by molar-refractivity contribution is 6.11. The van der Waals surface area contributed by atoms with Crippen molar-refractivity contribution < 1.29 is 4.79 Å². The van der Waals surface area contributed by atoms with Crippen molar-refractivity contribution >= 4 is 23.1 Å². The van der Waals surface area contributed by atoms with Crippen molar-refractivity contribution in [2.45, 2.75) is 13.3 Å². The Morgan fingerprint density at radius 1 is 1.57 bits per heavy atom. The van der Waals surface area contributed by atoms with Crippen molar-refractivity contribution in [2.24, 2.45) is 5.10 Å². The lowest BCUT2D eigenvalue weighted by molar-refractivity contribution is -0.116. The second kappa shape index (κ2) is 3.10. The van der Waals surface area contributed by atoms with Gasteiger partial charge in [-0.1, -0.05) is 0 Å². The second-order valence-electron chi connectivity index (χ2n) is 3.16. The Labute approximate surface area is 81.2 Å². The lowest BCUT2D eigenvalue weighted by atomic mass is 10.3. The minimum absolute atomic E-state index is 0.0689. The third-order valence-electron chi connectivity index (χ3n) is 1.90. The first-order valence-corrected chi connectivity index (χ1v) is 4.25. The summed E-state index contributed by atoms with van der Waals surface area (Å²) < 4.78 is 0. The molecule has 5 heteroatoms. The van der Waals surface area contributed by atoms with Gasteiger partial charge in [-0.25, -0.2) is 4.98 Å². The minimum Gasteiger partial charge on any atom is -0.399 e. The molecule has 0 atom stereocenters. The molecule has 0 saturated heterocycles. The van der Waals surface area contributed by atoms with E-state index in [1.165, 1.54) is 5.01 Å². The van der Waals surface area contributed by atoms with Crippen LogP contribution < -0.4 is 10.7 Å². The fourth-order valence-corrected chi connectivity index (χ4v) is 1.28. The van der Waals surface area contributed by atoms with Crippen LogP contribution in [0.15, 0.2) is 23.4 Å². The van der Waals surface area contributed by atoms with Gasteiger partial charge in [-0.2, -0.15) is 10.1 Å². The third-order valence-corrected chi connectivity index (χ3v) is 1.90. The Morgan fingerprint density at radius 3 is 2.93 bits per heavy atom. The number of pyridine rings is 1. The monoisotopic (exact) mass is 190 g/mol. The molecule has 2 N–H and O–H groups in total. The van der Waals surface area contributed by atoms with Crippen molar-refractivity contribution in [3.05, 3.63) is 18.3 Å². The zero-order valence-corrected chi connectivity index (χ0v) is 7.77. The van der Waals surface area contributed by atoms with Gasteiger partial charge in [0.2, 0.25) is 0 Å². The van der Waals surface area contributed by atoms with Crippen LogP contribution in [0.5, 0.6) is 0 Å². The molecule has 0 saturated carbocycles. The molecule has 14 heavy (non-hydrogen) atoms. The van der Waals surface area contributed by atoms with E-state index in [4.69, 9.17) is 5.73 Å². The van der Waals surface area contributed by atoms with Gasteiger partial charge < -0.3 is 5.73 Å². The highest BCUT2D eigenvalue weighted by atomic mass is 16.2. The molecular formula is C9H10N4O. The number of anilines is 2. The SMILES string of the molecule is CC1=NN(c2cc(N)ccn2)C(=O)C1. The number of hydrogen-bond donors (Lipinski definition) is 1. The van der Waals surface area contributed by atoms with Crippen molar-refractivity contribution in [2.75, 3.05) is 10.7 Å². The van der Waals surface area contributed by atoms with E-state index in [0.29, 0.717) is 17.9 Å². The predicted molar refractivity (Wildman–Crippen MR) is 53.9 cm³/mol. The van der Waals surface area contributed by atoms with Crippen LogP contribution >= 0.6 is 0 Å². The Kier molecular flexibility index (Phi) is 1.92. The van der Waals surface area contributed by atoms with Gasteiger partial charge in [0.1, 0.15) is 0 Å². The minimum atomic E-state index is -0.0689. The zero-order chi connectivity index (χ0) is 10.1. The summed E-state index contributed by atoms with van der Waals surface area (Å²) in [5.74, 6) is 0.410. The Balaban J connectivity index is 2.36. The smallest absolute Gasteiger partial charge is 0.254 e. The van der Waals surface area contributed by atoms with Gasteiger partial charge in [0.15, 0.2) is 5.82 Å². The molecular weight excluding hydrogens is 180 g/mol. The average molecular weight is 190 g/mol. The van der Waals surface area contributed by atoms with Crippen molar-refractivity contribution in [3.63, 3.8) is 0 Å². The molecule has 1 aromatic heterocycles. The molecule has 0 fully saturated rings. The number of hydrazone groups is 1. The van der Waals surface area contributed by atoms with Crippen molar-refractivity contribution in [1.29, 1.82) is 0 Å². The summed E-state index contributed by atoms with van der Waals surface area (Å²) in [5, 5.41) is 5.35. The fourth-order valence-electron chi connectivity index (χ4n) is 1.28. The van der Waals surface area contributed by atoms with Crippen LogP contribution in [-0.4, -0.2) is 16.6 Å². The molecule has 1 aromatic rings. The summed E-state index contributed by atoms with van der Waals surface area (Å²) in [6.45, 7) is 1.81. The molecule has 0 aliphatic carbocycles. The van der Waals surface area contributed by atoms with E-state index in [1.807, 2.05) is 6.92 Å². The van der Waals surface area contributed by atoms with E-state index in [2.05, 4.69) is 10.1 Å². The van der Waals surface area contributed by atoms with E-state index < -0.39 is 0 Å². The molecule has 1 aliphatic heterocycles. The van der Waals surface area contributed by atoms with Gasteiger partial charge >= 0.3 is 0 Å². The molecule has 2 heterocycles. The van der Waals surface area contributed by atoms with Crippen LogP contribution in [0.3, 0.4) is 0 Å². The maximum absolute atomic E-state index is 11.4. The van der Waals surface area contributed by atoms with E-state index in [0.717, 1.165) is 5.71 Å². The maximum atomic E-state index is 11.4. The van der Waals surface area contributed by atoms with Crippen LogP contribution in [0, 0.1) is 0 Å². The molecule has 0 radical (unpaired) electrons. The largest absolute Gasteiger partial charge is 0.399 e. The maximum Gasteiger partial charge on any atom is 0.254 e. The Morgan fingerprint density at radius 2 is 2.36 bits per heavy atom. The molecule has 0 spiro atoms. The number of hydrogen-bond acceptors (Lipinski definition) is 4. The normalized spacial score (nSPS) is 15.9. The highest BCUT2D eigenvalue weighted by Gasteiger charge is 2.23. The number of rotatable bonds is 1. The van der Waals surface area contributed by atoms with E-state index in [9.17, 15) is 4.79 Å². The summed E-state index contributed by atoms with van der Waals surface area (Å²) >= 11 is 0. The number of aromatic nitrogens is 1. The fraction of sp³-hybridized carbons (Fsp3) is 0.222. The summed E-state index contributed by atoms with van der Waals surface area (Å²) in [6.07, 6.45) is 1.91. The van der Waals surface area contributed by atoms with Gasteiger partial charge in [0, 0.05) is 23.7 Å². The molecule has 2 rings (SSSR count). The van der Waals surface area contributed by atoms with Gasteiger partial charge in [-0.3, -0.25) is 4.79 Å².